The molecule has 0 saturated carbocycles. The first-order chi connectivity index (χ1) is 9.66. The van der Waals surface area contributed by atoms with Crippen LogP contribution in [0, 0.1) is 5.41 Å². The van der Waals surface area contributed by atoms with Crippen LogP contribution in [0.15, 0.2) is 5.38 Å². The van der Waals surface area contributed by atoms with Gasteiger partial charge in [0.15, 0.2) is 5.69 Å². The van der Waals surface area contributed by atoms with E-state index in [1.807, 2.05) is 34.6 Å². The Bertz CT molecular complexity index is 503. The Hall–Kier alpha value is -1.43. The van der Waals surface area contributed by atoms with Crippen molar-refractivity contribution >= 4 is 23.2 Å². The Kier molecular flexibility index (Phi) is 5.89. The van der Waals surface area contributed by atoms with Gasteiger partial charge in [0.1, 0.15) is 5.01 Å². The van der Waals surface area contributed by atoms with E-state index in [1.54, 1.807) is 17.2 Å². The fourth-order valence-corrected chi connectivity index (χ4v) is 2.51. The molecule has 0 spiro atoms. The molecule has 21 heavy (non-hydrogen) atoms. The number of esters is 1. The van der Waals surface area contributed by atoms with E-state index in [2.05, 4.69) is 4.98 Å². The number of thiazole rings is 1. The van der Waals surface area contributed by atoms with Crippen LogP contribution in [-0.4, -0.2) is 34.4 Å². The number of amides is 1. The van der Waals surface area contributed by atoms with Crippen LogP contribution in [0.3, 0.4) is 0 Å². The van der Waals surface area contributed by atoms with Gasteiger partial charge in [-0.1, -0.05) is 20.8 Å². The molecule has 1 rings (SSSR count). The smallest absolute Gasteiger partial charge is 0.357 e. The largest absolute Gasteiger partial charge is 0.461 e. The Morgan fingerprint density at radius 3 is 2.48 bits per heavy atom. The van der Waals surface area contributed by atoms with Crippen LogP contribution in [0.2, 0.25) is 0 Å². The zero-order valence-corrected chi connectivity index (χ0v) is 14.4. The molecule has 0 N–H and O–H groups in total. The lowest BCUT2D eigenvalue weighted by molar-refractivity contribution is -0.142. The molecular formula is C15H24N2O3S. The molecule has 6 heteroatoms. The van der Waals surface area contributed by atoms with Crippen molar-refractivity contribution in [2.24, 2.45) is 5.41 Å². The second kappa shape index (κ2) is 7.02. The molecule has 0 aliphatic heterocycles. The topological polar surface area (TPSA) is 59.5 Å². The maximum absolute atomic E-state index is 12.5. The third kappa shape index (κ3) is 4.81. The average Bonchev–Trinajstić information content (AvgIpc) is 2.82. The van der Waals surface area contributed by atoms with E-state index in [1.165, 1.54) is 11.3 Å². The first kappa shape index (κ1) is 17.6. The molecule has 0 atom stereocenters. The summed E-state index contributed by atoms with van der Waals surface area (Å²) in [6.07, 6.45) is 0. The van der Waals surface area contributed by atoms with Gasteiger partial charge < -0.3 is 9.64 Å². The highest BCUT2D eigenvalue weighted by Crippen LogP contribution is 2.22. The summed E-state index contributed by atoms with van der Waals surface area (Å²) in [6.45, 7) is 12.1. The molecular weight excluding hydrogens is 288 g/mol. The molecule has 0 aliphatic carbocycles. The van der Waals surface area contributed by atoms with E-state index in [9.17, 15) is 9.59 Å². The molecule has 1 aromatic rings. The highest BCUT2D eigenvalue weighted by molar-refractivity contribution is 7.09. The van der Waals surface area contributed by atoms with Gasteiger partial charge in [-0.25, -0.2) is 9.78 Å². The number of hydrogen-bond donors (Lipinski definition) is 0. The number of carbonyl (C=O) groups is 2. The molecule has 1 heterocycles. The van der Waals surface area contributed by atoms with Gasteiger partial charge in [-0.2, -0.15) is 0 Å². The van der Waals surface area contributed by atoms with Gasteiger partial charge in [0.2, 0.25) is 5.91 Å². The van der Waals surface area contributed by atoms with Crippen LogP contribution in [0.25, 0.3) is 0 Å². The normalized spacial score (nSPS) is 11.6. The first-order valence-electron chi connectivity index (χ1n) is 7.09. The summed E-state index contributed by atoms with van der Waals surface area (Å²) in [5.74, 6) is -0.344. The predicted octanol–water partition coefficient (Wildman–Crippen LogP) is 3.10. The van der Waals surface area contributed by atoms with Crippen LogP contribution >= 0.6 is 11.3 Å². The number of aromatic nitrogens is 1. The van der Waals surface area contributed by atoms with Crippen LogP contribution in [-0.2, 0) is 16.1 Å². The van der Waals surface area contributed by atoms with Crippen LogP contribution in [0.5, 0.6) is 0 Å². The third-order valence-corrected chi connectivity index (χ3v) is 3.70. The van der Waals surface area contributed by atoms with Gasteiger partial charge in [-0.15, -0.1) is 11.3 Å². The summed E-state index contributed by atoms with van der Waals surface area (Å²) in [7, 11) is 0. The van der Waals surface area contributed by atoms with Crippen molar-refractivity contribution in [3.8, 4) is 0 Å². The van der Waals surface area contributed by atoms with E-state index in [0.29, 0.717) is 18.8 Å². The Morgan fingerprint density at radius 1 is 1.38 bits per heavy atom. The van der Waals surface area contributed by atoms with Crippen molar-refractivity contribution in [3.05, 3.63) is 16.1 Å². The van der Waals surface area contributed by atoms with Crippen molar-refractivity contribution in [1.82, 2.24) is 9.88 Å². The molecule has 1 aromatic heterocycles. The SMILES string of the molecule is CCOC(=O)c1csc(CN(C(=O)C(C)(C)C)C(C)C)n1. The van der Waals surface area contributed by atoms with E-state index >= 15 is 0 Å². The maximum Gasteiger partial charge on any atom is 0.357 e. The molecule has 1 amide bonds. The second-order valence-corrected chi connectivity index (χ2v) is 7.07. The van der Waals surface area contributed by atoms with Gasteiger partial charge in [0.05, 0.1) is 13.2 Å². The third-order valence-electron chi connectivity index (χ3n) is 2.87. The number of rotatable bonds is 5. The number of hydrogen-bond acceptors (Lipinski definition) is 5. The standard InChI is InChI=1S/C15H24N2O3S/c1-7-20-13(18)11-9-21-12(16-11)8-17(10(2)3)14(19)15(4,5)6/h9-10H,7-8H2,1-6H3. The fourth-order valence-electron chi connectivity index (χ4n) is 1.75. The van der Waals surface area contributed by atoms with E-state index in [4.69, 9.17) is 4.74 Å². The van der Waals surface area contributed by atoms with Gasteiger partial charge >= 0.3 is 5.97 Å². The number of ether oxygens (including phenoxy) is 1. The van der Waals surface area contributed by atoms with Gasteiger partial charge in [-0.05, 0) is 20.8 Å². The van der Waals surface area contributed by atoms with Crippen LogP contribution in [0.4, 0.5) is 0 Å². The predicted molar refractivity (Wildman–Crippen MR) is 83.2 cm³/mol. The van der Waals surface area contributed by atoms with Crippen LogP contribution in [0.1, 0.15) is 57.0 Å². The lowest BCUT2D eigenvalue weighted by Gasteiger charge is -2.32. The number of nitrogens with zero attached hydrogens (tertiary/aromatic N) is 2. The monoisotopic (exact) mass is 312 g/mol. The Balaban J connectivity index is 2.86. The molecule has 0 aliphatic rings. The summed E-state index contributed by atoms with van der Waals surface area (Å²) in [6, 6.07) is 0.0756. The van der Waals surface area contributed by atoms with Gasteiger partial charge in [0, 0.05) is 16.8 Å². The molecule has 0 radical (unpaired) electrons. The minimum atomic E-state index is -0.439. The van der Waals surface area contributed by atoms with E-state index in [-0.39, 0.29) is 11.9 Å². The number of carbonyl (C=O) groups excluding carboxylic acids is 2. The molecule has 0 bridgehead atoms. The summed E-state index contributed by atoms with van der Waals surface area (Å²) in [4.78, 5) is 30.1. The quantitative estimate of drug-likeness (QED) is 0.784. The highest BCUT2D eigenvalue weighted by atomic mass is 32.1. The second-order valence-electron chi connectivity index (χ2n) is 6.12. The van der Waals surface area contributed by atoms with Crippen molar-refractivity contribution in [2.45, 2.75) is 54.1 Å². The van der Waals surface area contributed by atoms with Crippen molar-refractivity contribution in [2.75, 3.05) is 6.61 Å². The Labute approximate surface area is 130 Å². The average molecular weight is 312 g/mol. The van der Waals surface area contributed by atoms with E-state index in [0.717, 1.165) is 5.01 Å². The maximum atomic E-state index is 12.5. The lowest BCUT2D eigenvalue weighted by Crippen LogP contribution is -2.43. The molecule has 0 unspecified atom stereocenters. The molecule has 0 saturated heterocycles. The fraction of sp³-hybridized carbons (Fsp3) is 0.667. The molecule has 5 nitrogen and oxygen atoms in total. The Morgan fingerprint density at radius 2 is 2.00 bits per heavy atom. The van der Waals surface area contributed by atoms with Crippen molar-refractivity contribution < 1.29 is 14.3 Å². The zero-order valence-electron chi connectivity index (χ0n) is 13.6. The van der Waals surface area contributed by atoms with Crippen LogP contribution < -0.4 is 0 Å². The van der Waals surface area contributed by atoms with Crippen molar-refractivity contribution in [1.29, 1.82) is 0 Å². The van der Waals surface area contributed by atoms with Crippen molar-refractivity contribution in [3.63, 3.8) is 0 Å². The summed E-state index contributed by atoms with van der Waals surface area (Å²) < 4.78 is 4.92. The lowest BCUT2D eigenvalue weighted by atomic mass is 9.94. The highest BCUT2D eigenvalue weighted by Gasteiger charge is 2.29. The minimum absolute atomic E-state index is 0.0744. The minimum Gasteiger partial charge on any atom is -0.461 e. The molecule has 0 aromatic carbocycles. The van der Waals surface area contributed by atoms with E-state index < -0.39 is 11.4 Å². The zero-order chi connectivity index (χ0) is 16.2. The van der Waals surface area contributed by atoms with Gasteiger partial charge in [0.25, 0.3) is 0 Å². The first-order valence-corrected chi connectivity index (χ1v) is 7.97. The summed E-state index contributed by atoms with van der Waals surface area (Å²) in [5.41, 5.74) is -0.130. The molecule has 118 valence electrons. The summed E-state index contributed by atoms with van der Waals surface area (Å²) >= 11 is 1.37. The molecule has 0 fully saturated rings. The van der Waals surface area contributed by atoms with Gasteiger partial charge in [-0.3, -0.25) is 4.79 Å². The summed E-state index contributed by atoms with van der Waals surface area (Å²) in [5, 5.41) is 2.41.